The molecule has 5 nitrogen and oxygen atoms in total. The molecule has 0 aromatic heterocycles. The van der Waals surface area contributed by atoms with Crippen molar-refractivity contribution in [3.05, 3.63) is 59.7 Å². The highest BCUT2D eigenvalue weighted by Crippen LogP contribution is 2.24. The Hall–Kier alpha value is -2.82. The van der Waals surface area contributed by atoms with Crippen molar-refractivity contribution in [1.29, 1.82) is 0 Å². The van der Waals surface area contributed by atoms with E-state index in [9.17, 15) is 9.59 Å². The molecule has 0 bridgehead atoms. The van der Waals surface area contributed by atoms with Crippen molar-refractivity contribution in [1.82, 2.24) is 5.32 Å². The smallest absolute Gasteiger partial charge is 0.258 e. The van der Waals surface area contributed by atoms with Crippen LogP contribution in [0.5, 0.6) is 5.75 Å². The van der Waals surface area contributed by atoms with Gasteiger partial charge in [0, 0.05) is 25.2 Å². The molecule has 2 aromatic rings. The van der Waals surface area contributed by atoms with Gasteiger partial charge in [0.05, 0.1) is 0 Å². The van der Waals surface area contributed by atoms with Crippen LogP contribution in [-0.4, -0.2) is 25.0 Å². The SMILES string of the molecule is CC(C)(C)c1ccc(OCC(=O)NCc2ccc(N3CCCC3=O)cc2)cc1. The molecule has 1 aliphatic heterocycles. The zero-order chi connectivity index (χ0) is 20.1. The van der Waals surface area contributed by atoms with Crippen LogP contribution in [0.2, 0.25) is 0 Å². The minimum absolute atomic E-state index is 0.0186. The molecule has 1 heterocycles. The van der Waals surface area contributed by atoms with E-state index in [1.54, 1.807) is 4.90 Å². The van der Waals surface area contributed by atoms with Gasteiger partial charge in [-0.1, -0.05) is 45.0 Å². The molecule has 28 heavy (non-hydrogen) atoms. The monoisotopic (exact) mass is 380 g/mol. The van der Waals surface area contributed by atoms with Gasteiger partial charge in [-0.25, -0.2) is 0 Å². The second kappa shape index (κ2) is 8.46. The van der Waals surface area contributed by atoms with Crippen LogP contribution in [0.25, 0.3) is 0 Å². The Labute approximate surface area is 166 Å². The summed E-state index contributed by atoms with van der Waals surface area (Å²) < 4.78 is 5.57. The summed E-state index contributed by atoms with van der Waals surface area (Å²) in [6.07, 6.45) is 1.53. The van der Waals surface area contributed by atoms with Crippen LogP contribution in [0.3, 0.4) is 0 Å². The number of carbonyl (C=O) groups is 2. The molecule has 2 amide bonds. The van der Waals surface area contributed by atoms with Crippen molar-refractivity contribution in [3.8, 4) is 5.75 Å². The number of hydrogen-bond donors (Lipinski definition) is 1. The summed E-state index contributed by atoms with van der Waals surface area (Å²) in [6.45, 7) is 7.67. The molecule has 2 aromatic carbocycles. The quantitative estimate of drug-likeness (QED) is 0.829. The zero-order valence-corrected chi connectivity index (χ0v) is 16.8. The lowest BCUT2D eigenvalue weighted by molar-refractivity contribution is -0.123. The van der Waals surface area contributed by atoms with E-state index in [1.807, 2.05) is 48.5 Å². The Morgan fingerprint density at radius 1 is 1.07 bits per heavy atom. The molecule has 0 unspecified atom stereocenters. The van der Waals surface area contributed by atoms with E-state index in [0.717, 1.165) is 24.2 Å². The fourth-order valence-electron chi connectivity index (χ4n) is 3.17. The van der Waals surface area contributed by atoms with E-state index in [2.05, 4.69) is 26.1 Å². The van der Waals surface area contributed by atoms with Crippen LogP contribution in [0.15, 0.2) is 48.5 Å². The highest BCUT2D eigenvalue weighted by atomic mass is 16.5. The lowest BCUT2D eigenvalue weighted by atomic mass is 9.87. The predicted octanol–water partition coefficient (Wildman–Crippen LogP) is 3.81. The van der Waals surface area contributed by atoms with E-state index in [0.29, 0.717) is 18.7 Å². The van der Waals surface area contributed by atoms with E-state index in [4.69, 9.17) is 4.74 Å². The van der Waals surface area contributed by atoms with Crippen LogP contribution >= 0.6 is 0 Å². The summed E-state index contributed by atoms with van der Waals surface area (Å²) in [5.74, 6) is 0.690. The summed E-state index contributed by atoms with van der Waals surface area (Å²) >= 11 is 0. The van der Waals surface area contributed by atoms with Crippen molar-refractivity contribution in [3.63, 3.8) is 0 Å². The van der Waals surface area contributed by atoms with Gasteiger partial charge in [0.1, 0.15) is 5.75 Å². The number of hydrogen-bond acceptors (Lipinski definition) is 3. The number of nitrogens with one attached hydrogen (secondary N) is 1. The number of ether oxygens (including phenoxy) is 1. The van der Waals surface area contributed by atoms with Crippen LogP contribution in [0.4, 0.5) is 5.69 Å². The van der Waals surface area contributed by atoms with Gasteiger partial charge in [-0.15, -0.1) is 0 Å². The van der Waals surface area contributed by atoms with Crippen molar-refractivity contribution >= 4 is 17.5 Å². The maximum absolute atomic E-state index is 12.0. The number of carbonyl (C=O) groups excluding carboxylic acids is 2. The van der Waals surface area contributed by atoms with Gasteiger partial charge in [-0.05, 0) is 47.2 Å². The molecule has 1 N–H and O–H groups in total. The molecule has 1 fully saturated rings. The van der Waals surface area contributed by atoms with Crippen molar-refractivity contribution in [2.24, 2.45) is 0 Å². The Balaban J connectivity index is 1.44. The lowest BCUT2D eigenvalue weighted by Gasteiger charge is -2.19. The molecule has 0 saturated carbocycles. The van der Waals surface area contributed by atoms with Crippen molar-refractivity contribution in [2.75, 3.05) is 18.1 Å². The molecule has 1 saturated heterocycles. The number of anilines is 1. The maximum atomic E-state index is 12.0. The number of amides is 2. The van der Waals surface area contributed by atoms with E-state index < -0.39 is 0 Å². The van der Waals surface area contributed by atoms with Gasteiger partial charge >= 0.3 is 0 Å². The average Bonchev–Trinajstić information content (AvgIpc) is 3.10. The van der Waals surface area contributed by atoms with Gasteiger partial charge in [0.2, 0.25) is 5.91 Å². The van der Waals surface area contributed by atoms with Gasteiger partial charge in [0.25, 0.3) is 5.91 Å². The van der Waals surface area contributed by atoms with Gasteiger partial charge in [0.15, 0.2) is 6.61 Å². The maximum Gasteiger partial charge on any atom is 0.258 e. The van der Waals surface area contributed by atoms with Crippen molar-refractivity contribution in [2.45, 2.75) is 45.6 Å². The average molecular weight is 380 g/mol. The number of nitrogens with zero attached hydrogens (tertiary/aromatic N) is 1. The normalized spacial score (nSPS) is 14.2. The molecule has 0 radical (unpaired) electrons. The number of benzene rings is 2. The third kappa shape index (κ3) is 5.12. The molecular formula is C23H28N2O3. The van der Waals surface area contributed by atoms with Crippen molar-refractivity contribution < 1.29 is 14.3 Å². The fraction of sp³-hybridized carbons (Fsp3) is 0.391. The zero-order valence-electron chi connectivity index (χ0n) is 16.8. The third-order valence-corrected chi connectivity index (χ3v) is 4.90. The van der Waals surface area contributed by atoms with Gasteiger partial charge < -0.3 is 15.0 Å². The van der Waals surface area contributed by atoms with Crippen LogP contribution < -0.4 is 15.0 Å². The Morgan fingerprint density at radius 3 is 2.32 bits per heavy atom. The minimum atomic E-state index is -0.168. The first-order valence-corrected chi connectivity index (χ1v) is 9.72. The van der Waals surface area contributed by atoms with Crippen LogP contribution in [0.1, 0.15) is 44.7 Å². The number of rotatable bonds is 6. The van der Waals surface area contributed by atoms with E-state index >= 15 is 0 Å². The summed E-state index contributed by atoms with van der Waals surface area (Å²) in [4.78, 5) is 25.6. The minimum Gasteiger partial charge on any atom is -0.484 e. The first kappa shape index (κ1) is 19.9. The van der Waals surface area contributed by atoms with Gasteiger partial charge in [-0.3, -0.25) is 9.59 Å². The predicted molar refractivity (Wildman–Crippen MR) is 111 cm³/mol. The highest BCUT2D eigenvalue weighted by molar-refractivity contribution is 5.95. The highest BCUT2D eigenvalue weighted by Gasteiger charge is 2.21. The molecule has 5 heteroatoms. The molecule has 0 atom stereocenters. The second-order valence-corrected chi connectivity index (χ2v) is 8.16. The van der Waals surface area contributed by atoms with Crippen LogP contribution in [0, 0.1) is 0 Å². The molecule has 148 valence electrons. The lowest BCUT2D eigenvalue weighted by Crippen LogP contribution is -2.28. The first-order valence-electron chi connectivity index (χ1n) is 9.72. The van der Waals surface area contributed by atoms with Gasteiger partial charge in [-0.2, -0.15) is 0 Å². The summed E-state index contributed by atoms with van der Waals surface area (Å²) in [5, 5.41) is 2.86. The Bertz CT molecular complexity index is 820. The molecule has 0 aliphatic carbocycles. The molecule has 0 spiro atoms. The van der Waals surface area contributed by atoms with Crippen LogP contribution in [-0.2, 0) is 21.5 Å². The first-order chi connectivity index (χ1) is 13.3. The second-order valence-electron chi connectivity index (χ2n) is 8.16. The Morgan fingerprint density at radius 2 is 1.75 bits per heavy atom. The summed E-state index contributed by atoms with van der Waals surface area (Å²) in [5.41, 5.74) is 3.22. The van der Waals surface area contributed by atoms with E-state index in [1.165, 1.54) is 5.56 Å². The fourth-order valence-corrected chi connectivity index (χ4v) is 3.17. The largest absolute Gasteiger partial charge is 0.484 e. The third-order valence-electron chi connectivity index (χ3n) is 4.90. The van der Waals surface area contributed by atoms with E-state index in [-0.39, 0.29) is 23.8 Å². The Kier molecular flexibility index (Phi) is 6.02. The molecular weight excluding hydrogens is 352 g/mol. The summed E-state index contributed by atoms with van der Waals surface area (Å²) in [6, 6.07) is 15.6. The molecule has 3 rings (SSSR count). The topological polar surface area (TPSA) is 58.6 Å². The molecule has 1 aliphatic rings. The standard InChI is InChI=1S/C23H28N2O3/c1-23(2,3)18-8-12-20(13-9-18)28-16-21(26)24-15-17-6-10-19(11-7-17)25-14-4-5-22(25)27/h6-13H,4-5,14-16H2,1-3H3,(H,24,26). The summed E-state index contributed by atoms with van der Waals surface area (Å²) in [7, 11) is 0.